The van der Waals surface area contributed by atoms with Gasteiger partial charge in [-0.25, -0.2) is 4.79 Å². The molecule has 0 atom stereocenters. The highest BCUT2D eigenvalue weighted by molar-refractivity contribution is 6.33. The highest BCUT2D eigenvalue weighted by Crippen LogP contribution is 2.29. The van der Waals surface area contributed by atoms with E-state index in [0.717, 1.165) is 5.56 Å². The van der Waals surface area contributed by atoms with Gasteiger partial charge in [0, 0.05) is 18.2 Å². The van der Waals surface area contributed by atoms with E-state index in [1.54, 1.807) is 13.2 Å². The van der Waals surface area contributed by atoms with Crippen molar-refractivity contribution in [1.82, 2.24) is 5.32 Å². The Bertz CT molecular complexity index is 810. The van der Waals surface area contributed by atoms with Crippen LogP contribution in [0.4, 0.5) is 5.69 Å². The van der Waals surface area contributed by atoms with Crippen molar-refractivity contribution in [2.75, 3.05) is 26.6 Å². The molecular weight excluding hydrogens is 360 g/mol. The molecule has 0 fully saturated rings. The summed E-state index contributed by atoms with van der Waals surface area (Å²) in [4.78, 5) is 24.1. The second-order valence-corrected chi connectivity index (χ2v) is 5.65. The first-order valence-electron chi connectivity index (χ1n) is 7.65. The van der Waals surface area contributed by atoms with E-state index < -0.39 is 18.5 Å². The van der Waals surface area contributed by atoms with Gasteiger partial charge in [0.25, 0.3) is 5.91 Å². The zero-order valence-electron chi connectivity index (χ0n) is 14.4. The molecule has 0 aromatic heterocycles. The minimum atomic E-state index is -0.740. The predicted molar refractivity (Wildman–Crippen MR) is 97.5 cm³/mol. The molecule has 0 heterocycles. The molecule has 7 nitrogen and oxygen atoms in total. The molecule has 0 unspecified atom stereocenters. The lowest BCUT2D eigenvalue weighted by atomic mass is 10.2. The molecule has 0 aliphatic carbocycles. The Morgan fingerprint density at radius 2 is 1.81 bits per heavy atom. The van der Waals surface area contributed by atoms with E-state index in [0.29, 0.717) is 5.75 Å². The van der Waals surface area contributed by atoms with Gasteiger partial charge in [-0.15, -0.1) is 0 Å². The molecule has 2 aromatic rings. The number of esters is 1. The summed E-state index contributed by atoms with van der Waals surface area (Å²) in [6.45, 7) is -0.198. The molecular formula is C18H19ClN2O5. The highest BCUT2D eigenvalue weighted by Gasteiger charge is 2.17. The van der Waals surface area contributed by atoms with E-state index in [4.69, 9.17) is 31.5 Å². The van der Waals surface area contributed by atoms with Crippen molar-refractivity contribution in [2.45, 2.75) is 6.54 Å². The maximum atomic E-state index is 12.2. The molecule has 26 heavy (non-hydrogen) atoms. The van der Waals surface area contributed by atoms with Crippen LogP contribution in [0.3, 0.4) is 0 Å². The molecule has 2 aromatic carbocycles. The normalized spacial score (nSPS) is 10.1. The molecule has 2 rings (SSSR count). The summed E-state index contributed by atoms with van der Waals surface area (Å²) in [5.41, 5.74) is 6.83. The molecule has 0 saturated heterocycles. The van der Waals surface area contributed by atoms with Crippen LogP contribution in [0.1, 0.15) is 15.9 Å². The van der Waals surface area contributed by atoms with Crippen LogP contribution in [0.5, 0.6) is 11.5 Å². The van der Waals surface area contributed by atoms with Gasteiger partial charge in [-0.1, -0.05) is 29.8 Å². The molecule has 138 valence electrons. The largest absolute Gasteiger partial charge is 0.496 e. The lowest BCUT2D eigenvalue weighted by Crippen LogP contribution is -2.28. The Balaban J connectivity index is 1.93. The van der Waals surface area contributed by atoms with Gasteiger partial charge in [0.15, 0.2) is 6.61 Å². The number of amides is 1. The number of nitrogens with one attached hydrogen (secondary N) is 1. The van der Waals surface area contributed by atoms with Crippen LogP contribution in [0.2, 0.25) is 5.02 Å². The van der Waals surface area contributed by atoms with Crippen LogP contribution in [-0.4, -0.2) is 32.7 Å². The van der Waals surface area contributed by atoms with E-state index in [1.165, 1.54) is 19.2 Å². The Morgan fingerprint density at radius 3 is 2.50 bits per heavy atom. The maximum absolute atomic E-state index is 12.2. The number of anilines is 1. The summed E-state index contributed by atoms with van der Waals surface area (Å²) in [5.74, 6) is -0.321. The number of rotatable bonds is 7. The molecule has 0 aliphatic heterocycles. The van der Waals surface area contributed by atoms with Crippen LogP contribution in [0.25, 0.3) is 0 Å². The Kier molecular flexibility index (Phi) is 6.68. The van der Waals surface area contributed by atoms with E-state index >= 15 is 0 Å². The van der Waals surface area contributed by atoms with Crippen LogP contribution in [0, 0.1) is 0 Å². The molecule has 0 bridgehead atoms. The van der Waals surface area contributed by atoms with Crippen LogP contribution in [0.15, 0.2) is 36.4 Å². The van der Waals surface area contributed by atoms with Crippen molar-refractivity contribution in [3.8, 4) is 11.5 Å². The monoisotopic (exact) mass is 378 g/mol. The fraction of sp³-hybridized carbons (Fsp3) is 0.222. The summed E-state index contributed by atoms with van der Waals surface area (Å²) in [7, 11) is 2.94. The lowest BCUT2D eigenvalue weighted by molar-refractivity contribution is -0.124. The Morgan fingerprint density at radius 1 is 1.12 bits per heavy atom. The summed E-state index contributed by atoms with van der Waals surface area (Å²) in [6.07, 6.45) is 0. The molecule has 0 spiro atoms. The van der Waals surface area contributed by atoms with Crippen LogP contribution < -0.4 is 20.5 Å². The van der Waals surface area contributed by atoms with Crippen molar-refractivity contribution in [1.29, 1.82) is 0 Å². The smallest absolute Gasteiger partial charge is 0.342 e. The third-order valence-corrected chi connectivity index (χ3v) is 3.87. The first-order valence-corrected chi connectivity index (χ1v) is 8.02. The van der Waals surface area contributed by atoms with Gasteiger partial charge >= 0.3 is 5.97 Å². The third kappa shape index (κ3) is 4.80. The van der Waals surface area contributed by atoms with E-state index in [1.807, 2.05) is 18.2 Å². The second kappa shape index (κ2) is 8.96. The van der Waals surface area contributed by atoms with Crippen molar-refractivity contribution in [2.24, 2.45) is 0 Å². The molecule has 8 heteroatoms. The Labute approximate surface area is 156 Å². The predicted octanol–water partition coefficient (Wildman–Crippen LogP) is 2.41. The average Bonchev–Trinajstić information content (AvgIpc) is 2.66. The van der Waals surface area contributed by atoms with Gasteiger partial charge in [-0.05, 0) is 12.1 Å². The van der Waals surface area contributed by atoms with Gasteiger partial charge in [0.2, 0.25) is 0 Å². The van der Waals surface area contributed by atoms with E-state index in [2.05, 4.69) is 5.32 Å². The van der Waals surface area contributed by atoms with Gasteiger partial charge < -0.3 is 25.3 Å². The first-order chi connectivity index (χ1) is 12.5. The number of ether oxygens (including phenoxy) is 3. The van der Waals surface area contributed by atoms with Gasteiger partial charge in [-0.2, -0.15) is 0 Å². The van der Waals surface area contributed by atoms with Crippen molar-refractivity contribution in [3.05, 3.63) is 52.5 Å². The number of carbonyl (C=O) groups is 2. The highest BCUT2D eigenvalue weighted by atomic mass is 35.5. The van der Waals surface area contributed by atoms with E-state index in [9.17, 15) is 9.59 Å². The van der Waals surface area contributed by atoms with Gasteiger partial charge in [0.1, 0.15) is 17.1 Å². The van der Waals surface area contributed by atoms with Crippen molar-refractivity contribution >= 4 is 29.2 Å². The summed E-state index contributed by atoms with van der Waals surface area (Å²) >= 11 is 5.92. The fourth-order valence-electron chi connectivity index (χ4n) is 2.20. The number of benzene rings is 2. The zero-order valence-corrected chi connectivity index (χ0v) is 15.1. The minimum absolute atomic E-state index is 0.0872. The average molecular weight is 379 g/mol. The molecule has 1 amide bonds. The lowest BCUT2D eigenvalue weighted by Gasteiger charge is -2.11. The van der Waals surface area contributed by atoms with Crippen LogP contribution in [-0.2, 0) is 16.1 Å². The van der Waals surface area contributed by atoms with Crippen LogP contribution >= 0.6 is 11.6 Å². The third-order valence-electron chi connectivity index (χ3n) is 3.54. The number of nitrogens with two attached hydrogens (primary N) is 1. The van der Waals surface area contributed by atoms with Gasteiger partial charge in [-0.3, -0.25) is 4.79 Å². The topological polar surface area (TPSA) is 99.9 Å². The number of nitrogen functional groups attached to an aromatic ring is 1. The quantitative estimate of drug-likeness (QED) is 0.567. The fourth-order valence-corrected chi connectivity index (χ4v) is 2.36. The van der Waals surface area contributed by atoms with E-state index in [-0.39, 0.29) is 28.6 Å². The summed E-state index contributed by atoms with van der Waals surface area (Å²) in [5, 5.41) is 2.85. The number of hydrogen-bond acceptors (Lipinski definition) is 6. The number of methoxy groups -OCH3 is 2. The summed E-state index contributed by atoms with van der Waals surface area (Å²) in [6, 6.07) is 10.0. The molecule has 0 saturated carbocycles. The number of halogens is 1. The van der Waals surface area contributed by atoms with Gasteiger partial charge in [0.05, 0.1) is 24.9 Å². The standard InChI is InChI=1S/C18H19ClN2O5/c1-24-15-6-4-3-5-11(15)9-21-17(22)10-26-18(23)12-7-13(19)14(20)8-16(12)25-2/h3-8H,9-10,20H2,1-2H3,(H,21,22). The first kappa shape index (κ1) is 19.4. The number of carbonyl (C=O) groups excluding carboxylic acids is 2. The maximum Gasteiger partial charge on any atom is 0.342 e. The zero-order chi connectivity index (χ0) is 19.1. The SMILES string of the molecule is COc1ccccc1CNC(=O)COC(=O)c1cc(Cl)c(N)cc1OC. The molecule has 3 N–H and O–H groups in total. The Hall–Kier alpha value is -2.93. The molecule has 0 aliphatic rings. The second-order valence-electron chi connectivity index (χ2n) is 5.24. The van der Waals surface area contributed by atoms with Crippen molar-refractivity contribution in [3.63, 3.8) is 0 Å². The number of para-hydroxylation sites is 1. The minimum Gasteiger partial charge on any atom is -0.496 e. The summed E-state index contributed by atoms with van der Waals surface area (Å²) < 4.78 is 15.3. The molecule has 0 radical (unpaired) electrons. The van der Waals surface area contributed by atoms with Crippen molar-refractivity contribution < 1.29 is 23.8 Å². The number of hydrogen-bond donors (Lipinski definition) is 2.